The first-order valence-electron chi connectivity index (χ1n) is 10.1. The summed E-state index contributed by atoms with van der Waals surface area (Å²) in [7, 11) is 0. The number of nitrogens with zero attached hydrogens (tertiary/aromatic N) is 3. The van der Waals surface area contributed by atoms with Crippen molar-refractivity contribution < 1.29 is 14.3 Å². The quantitative estimate of drug-likeness (QED) is 0.536. The average Bonchev–Trinajstić information content (AvgIpc) is 2.77. The number of anilines is 1. The molecule has 0 spiro atoms. The second kappa shape index (κ2) is 8.66. The summed E-state index contributed by atoms with van der Waals surface area (Å²) in [6.07, 6.45) is 0.741. The number of ketones is 1. The molecule has 1 aromatic heterocycles. The molecule has 0 bridgehead atoms. The second-order valence-electron chi connectivity index (χ2n) is 8.34. The summed E-state index contributed by atoms with van der Waals surface area (Å²) >= 11 is 1.33. The molecule has 1 aromatic carbocycles. The Hall–Kier alpha value is -2.56. The van der Waals surface area contributed by atoms with Crippen molar-refractivity contribution >= 4 is 23.4 Å². The number of pyridine rings is 1. The monoisotopic (exact) mass is 423 g/mol. The molecule has 2 aromatic rings. The molecule has 3 heterocycles. The Labute approximate surface area is 181 Å². The minimum absolute atomic E-state index is 0.0218. The zero-order valence-corrected chi connectivity index (χ0v) is 18.1. The van der Waals surface area contributed by atoms with Crippen LogP contribution in [0.25, 0.3) is 0 Å². The van der Waals surface area contributed by atoms with Crippen molar-refractivity contribution in [3.05, 3.63) is 47.0 Å². The molecule has 0 amide bonds. The fraction of sp³-hybridized carbons (Fsp3) is 0.435. The van der Waals surface area contributed by atoms with Gasteiger partial charge in [-0.15, -0.1) is 0 Å². The number of ether oxygens (including phenoxy) is 2. The smallest absolute Gasteiger partial charge is 0.173 e. The van der Waals surface area contributed by atoms with E-state index in [9.17, 15) is 10.1 Å². The molecule has 7 heteroatoms. The van der Waals surface area contributed by atoms with Gasteiger partial charge in [0.25, 0.3) is 0 Å². The summed E-state index contributed by atoms with van der Waals surface area (Å²) in [4.78, 5) is 19.6. The van der Waals surface area contributed by atoms with Crippen LogP contribution in [0.3, 0.4) is 0 Å². The zero-order chi connectivity index (χ0) is 21.1. The number of carbonyl (C=O) groups is 1. The maximum Gasteiger partial charge on any atom is 0.173 e. The van der Waals surface area contributed by atoms with E-state index in [1.165, 1.54) is 11.8 Å². The van der Waals surface area contributed by atoms with Gasteiger partial charge in [0.05, 0.1) is 31.1 Å². The molecule has 0 N–H and O–H groups in total. The summed E-state index contributed by atoms with van der Waals surface area (Å²) in [5, 5.41) is 10.6. The van der Waals surface area contributed by atoms with Crippen LogP contribution >= 0.6 is 11.8 Å². The van der Waals surface area contributed by atoms with E-state index >= 15 is 0 Å². The van der Waals surface area contributed by atoms with E-state index < -0.39 is 0 Å². The molecule has 2 aliphatic heterocycles. The topological polar surface area (TPSA) is 75.5 Å². The Balaban J connectivity index is 1.70. The largest absolute Gasteiger partial charge is 0.489 e. The number of thioether (sulfide) groups is 1. The third-order valence-electron chi connectivity index (χ3n) is 5.32. The maximum absolute atomic E-state index is 12.6. The summed E-state index contributed by atoms with van der Waals surface area (Å²) in [5.41, 5.74) is 2.03. The number of nitriles is 1. The van der Waals surface area contributed by atoms with Gasteiger partial charge in [0, 0.05) is 29.6 Å². The van der Waals surface area contributed by atoms with E-state index in [4.69, 9.17) is 14.5 Å². The molecule has 0 saturated carbocycles. The fourth-order valence-electron chi connectivity index (χ4n) is 3.75. The van der Waals surface area contributed by atoms with Gasteiger partial charge in [-0.25, -0.2) is 4.98 Å². The fourth-order valence-corrected chi connectivity index (χ4v) is 4.65. The lowest BCUT2D eigenvalue weighted by atomic mass is 9.83. The number of hydrogen-bond acceptors (Lipinski definition) is 7. The third kappa shape index (κ3) is 4.30. The lowest BCUT2D eigenvalue weighted by molar-refractivity contribution is 0.102. The van der Waals surface area contributed by atoms with Crippen molar-refractivity contribution in [1.29, 1.82) is 5.26 Å². The minimum Gasteiger partial charge on any atom is -0.489 e. The zero-order valence-electron chi connectivity index (χ0n) is 17.3. The maximum atomic E-state index is 12.6. The van der Waals surface area contributed by atoms with Crippen LogP contribution in [0.15, 0.2) is 35.4 Å². The molecule has 0 unspecified atom stereocenters. The van der Waals surface area contributed by atoms with Crippen LogP contribution in [0.4, 0.5) is 5.82 Å². The molecule has 0 radical (unpaired) electrons. The van der Waals surface area contributed by atoms with Crippen LogP contribution in [0.1, 0.15) is 35.3 Å². The lowest BCUT2D eigenvalue weighted by Gasteiger charge is -2.36. The molecule has 1 fully saturated rings. The van der Waals surface area contributed by atoms with E-state index in [-0.39, 0.29) is 17.0 Å². The first-order chi connectivity index (χ1) is 14.5. The molecule has 1 saturated heterocycles. The molecular weight excluding hydrogens is 398 g/mol. The molecule has 0 aliphatic carbocycles. The van der Waals surface area contributed by atoms with Crippen LogP contribution in [0.2, 0.25) is 0 Å². The predicted molar refractivity (Wildman–Crippen MR) is 116 cm³/mol. The van der Waals surface area contributed by atoms with Gasteiger partial charge in [0.1, 0.15) is 11.1 Å². The van der Waals surface area contributed by atoms with E-state index in [1.807, 2.05) is 30.3 Å². The first kappa shape index (κ1) is 20.7. The van der Waals surface area contributed by atoms with Crippen LogP contribution in [-0.4, -0.2) is 49.4 Å². The van der Waals surface area contributed by atoms with Gasteiger partial charge in [0.2, 0.25) is 0 Å². The number of fused-ring (bicyclic) bond motifs is 1. The SMILES string of the molecule is CC1(C)COc2c(N3CCOCC3)nc(SCC(=O)c3ccccc3)c(C#N)c2C1. The molecule has 0 atom stereocenters. The second-order valence-corrected chi connectivity index (χ2v) is 9.31. The Morgan fingerprint density at radius 1 is 1.27 bits per heavy atom. The summed E-state index contributed by atoms with van der Waals surface area (Å²) in [5.74, 6) is 1.73. The van der Waals surface area contributed by atoms with Crippen molar-refractivity contribution in [2.75, 3.05) is 43.6 Å². The van der Waals surface area contributed by atoms with Gasteiger partial charge in [0.15, 0.2) is 17.4 Å². The van der Waals surface area contributed by atoms with E-state index in [0.29, 0.717) is 41.7 Å². The van der Waals surface area contributed by atoms with Gasteiger partial charge < -0.3 is 14.4 Å². The van der Waals surface area contributed by atoms with Crippen molar-refractivity contribution in [3.8, 4) is 11.8 Å². The first-order valence-corrected chi connectivity index (χ1v) is 11.1. The Bertz CT molecular complexity index is 979. The number of carbonyl (C=O) groups excluding carboxylic acids is 1. The number of morpholine rings is 1. The molecular formula is C23H25N3O3S. The Morgan fingerprint density at radius 2 is 2.00 bits per heavy atom. The van der Waals surface area contributed by atoms with Crippen LogP contribution in [0.5, 0.6) is 5.75 Å². The average molecular weight is 424 g/mol. The number of aromatic nitrogens is 1. The summed E-state index contributed by atoms with van der Waals surface area (Å²) < 4.78 is 11.6. The summed E-state index contributed by atoms with van der Waals surface area (Å²) in [6.45, 7) is 7.59. The predicted octanol–water partition coefficient (Wildman–Crippen LogP) is 3.73. The van der Waals surface area contributed by atoms with Gasteiger partial charge in [-0.05, 0) is 6.42 Å². The lowest BCUT2D eigenvalue weighted by Crippen LogP contribution is -2.38. The highest BCUT2D eigenvalue weighted by Crippen LogP contribution is 2.44. The normalized spacial score (nSPS) is 17.6. The highest BCUT2D eigenvalue weighted by Gasteiger charge is 2.34. The van der Waals surface area contributed by atoms with Gasteiger partial charge in [-0.1, -0.05) is 55.9 Å². The third-order valence-corrected chi connectivity index (χ3v) is 6.30. The van der Waals surface area contributed by atoms with E-state index in [1.54, 1.807) is 0 Å². The summed E-state index contributed by atoms with van der Waals surface area (Å²) in [6, 6.07) is 11.5. The molecule has 156 valence electrons. The number of benzene rings is 1. The molecule has 30 heavy (non-hydrogen) atoms. The standard InChI is InChI=1S/C23H25N3O3S/c1-23(2)12-17-18(13-24)22(30-14-19(27)16-6-4-3-5-7-16)25-21(20(17)29-15-23)26-8-10-28-11-9-26/h3-7H,8-12,14-15H2,1-2H3. The Kier molecular flexibility index (Phi) is 5.98. The highest BCUT2D eigenvalue weighted by atomic mass is 32.2. The van der Waals surface area contributed by atoms with Crippen LogP contribution < -0.4 is 9.64 Å². The van der Waals surface area contributed by atoms with Crippen molar-refractivity contribution in [3.63, 3.8) is 0 Å². The van der Waals surface area contributed by atoms with Gasteiger partial charge >= 0.3 is 0 Å². The minimum atomic E-state index is -0.0654. The molecule has 6 nitrogen and oxygen atoms in total. The van der Waals surface area contributed by atoms with Crippen LogP contribution in [0, 0.1) is 16.7 Å². The number of hydrogen-bond donors (Lipinski definition) is 0. The van der Waals surface area contributed by atoms with Crippen molar-refractivity contribution in [2.45, 2.75) is 25.3 Å². The van der Waals surface area contributed by atoms with Gasteiger partial charge in [-0.2, -0.15) is 5.26 Å². The van der Waals surface area contributed by atoms with Crippen molar-refractivity contribution in [1.82, 2.24) is 4.98 Å². The Morgan fingerprint density at radius 3 is 2.70 bits per heavy atom. The van der Waals surface area contributed by atoms with E-state index in [0.717, 1.165) is 30.9 Å². The van der Waals surface area contributed by atoms with Gasteiger partial charge in [-0.3, -0.25) is 4.79 Å². The highest BCUT2D eigenvalue weighted by molar-refractivity contribution is 8.00. The van der Waals surface area contributed by atoms with Crippen LogP contribution in [-0.2, 0) is 11.2 Å². The van der Waals surface area contributed by atoms with E-state index in [2.05, 4.69) is 24.8 Å². The molecule has 4 rings (SSSR count). The number of Topliss-reactive ketones (excluding diaryl/α,β-unsaturated/α-hetero) is 1. The molecule has 2 aliphatic rings. The van der Waals surface area contributed by atoms with Crippen molar-refractivity contribution in [2.24, 2.45) is 5.41 Å². The number of rotatable bonds is 5.